The molecule has 0 saturated carbocycles. The molecule has 2 aromatic carbocycles. The zero-order valence-corrected chi connectivity index (χ0v) is 14.7. The topological polar surface area (TPSA) is 55.8 Å². The Morgan fingerprint density at radius 1 is 1.08 bits per heavy atom. The number of terminal acetylenes is 1. The lowest BCUT2D eigenvalue weighted by molar-refractivity contribution is 0.0584. The molecule has 0 aromatic heterocycles. The summed E-state index contributed by atoms with van der Waals surface area (Å²) in [4.78, 5) is 26.9. The molecule has 1 heterocycles. The molecule has 0 N–H and O–H groups in total. The third-order valence-electron chi connectivity index (χ3n) is 4.32. The summed E-state index contributed by atoms with van der Waals surface area (Å²) in [6.07, 6.45) is 5.74. The second-order valence-electron chi connectivity index (χ2n) is 5.79. The van der Waals surface area contributed by atoms with E-state index in [0.717, 1.165) is 5.56 Å². The zero-order valence-electron chi connectivity index (χ0n) is 14.7. The van der Waals surface area contributed by atoms with Gasteiger partial charge in [0.15, 0.2) is 11.5 Å². The van der Waals surface area contributed by atoms with Crippen LogP contribution >= 0.6 is 0 Å². The second kappa shape index (κ2) is 7.32. The van der Waals surface area contributed by atoms with Gasteiger partial charge in [-0.15, -0.1) is 12.3 Å². The van der Waals surface area contributed by atoms with Gasteiger partial charge in [0.1, 0.15) is 0 Å². The molecule has 5 nitrogen and oxygen atoms in total. The lowest BCUT2D eigenvalue weighted by Gasteiger charge is -2.26. The minimum absolute atomic E-state index is 0.212. The van der Waals surface area contributed by atoms with Crippen molar-refractivity contribution in [3.05, 3.63) is 59.2 Å². The largest absolute Gasteiger partial charge is 0.493 e. The Balaban J connectivity index is 2.04. The van der Waals surface area contributed by atoms with Crippen LogP contribution in [0.5, 0.6) is 11.5 Å². The number of ether oxygens (including phenoxy) is 2. The SMILES string of the molecule is C#CCC(c1ccc(OC)c(OCC)c1)N1C(=O)c2ccccc2C1=O. The maximum absolute atomic E-state index is 12.8. The van der Waals surface area contributed by atoms with Crippen LogP contribution in [0.3, 0.4) is 0 Å². The van der Waals surface area contributed by atoms with Gasteiger partial charge in [0.2, 0.25) is 0 Å². The minimum Gasteiger partial charge on any atom is -0.493 e. The molecule has 0 spiro atoms. The quantitative estimate of drug-likeness (QED) is 0.592. The summed E-state index contributed by atoms with van der Waals surface area (Å²) in [5.41, 5.74) is 1.53. The van der Waals surface area contributed by atoms with Crippen LogP contribution in [0.15, 0.2) is 42.5 Å². The van der Waals surface area contributed by atoms with Crippen molar-refractivity contribution >= 4 is 11.8 Å². The first-order chi connectivity index (χ1) is 12.6. The number of rotatable bonds is 6. The molecule has 1 unspecified atom stereocenters. The number of carbonyl (C=O) groups excluding carboxylic acids is 2. The molecule has 0 aliphatic carbocycles. The van der Waals surface area contributed by atoms with Crippen molar-refractivity contribution in [3.8, 4) is 23.8 Å². The molecule has 3 rings (SSSR count). The molecule has 1 aliphatic heterocycles. The highest BCUT2D eigenvalue weighted by Gasteiger charge is 2.40. The van der Waals surface area contributed by atoms with Gasteiger partial charge in [-0.25, -0.2) is 0 Å². The van der Waals surface area contributed by atoms with Crippen molar-refractivity contribution in [1.29, 1.82) is 0 Å². The standard InChI is InChI=1S/C21H19NO4/c1-4-8-17(14-11-12-18(25-3)19(13-14)26-5-2)22-20(23)15-9-6-7-10-16(15)21(22)24/h1,6-7,9-13,17H,5,8H2,2-3H3. The van der Waals surface area contributed by atoms with Gasteiger partial charge in [-0.1, -0.05) is 18.2 Å². The number of benzene rings is 2. The van der Waals surface area contributed by atoms with Gasteiger partial charge in [0.25, 0.3) is 11.8 Å². The Morgan fingerprint density at radius 2 is 1.73 bits per heavy atom. The number of carbonyl (C=O) groups is 2. The highest BCUT2D eigenvalue weighted by atomic mass is 16.5. The molecule has 26 heavy (non-hydrogen) atoms. The van der Waals surface area contributed by atoms with Crippen molar-refractivity contribution in [3.63, 3.8) is 0 Å². The fourth-order valence-corrected chi connectivity index (χ4v) is 3.13. The molecule has 0 bridgehead atoms. The predicted octanol–water partition coefficient (Wildman–Crippen LogP) is 3.45. The average molecular weight is 349 g/mol. The van der Waals surface area contributed by atoms with Gasteiger partial charge in [0, 0.05) is 6.42 Å². The van der Waals surface area contributed by atoms with E-state index in [-0.39, 0.29) is 18.2 Å². The summed E-state index contributed by atoms with van der Waals surface area (Å²) in [5, 5.41) is 0. The fraction of sp³-hybridized carbons (Fsp3) is 0.238. The van der Waals surface area contributed by atoms with Crippen LogP contribution in [0.25, 0.3) is 0 Å². The van der Waals surface area contributed by atoms with Crippen LogP contribution < -0.4 is 9.47 Å². The average Bonchev–Trinajstić information content (AvgIpc) is 2.91. The number of imide groups is 1. The van der Waals surface area contributed by atoms with Gasteiger partial charge in [0.05, 0.1) is 30.9 Å². The van der Waals surface area contributed by atoms with Gasteiger partial charge in [-0.3, -0.25) is 14.5 Å². The first kappa shape index (κ1) is 17.6. The summed E-state index contributed by atoms with van der Waals surface area (Å²) >= 11 is 0. The molecule has 0 saturated heterocycles. The second-order valence-corrected chi connectivity index (χ2v) is 5.79. The van der Waals surface area contributed by atoms with Crippen LogP contribution in [0, 0.1) is 12.3 Å². The molecule has 5 heteroatoms. The van der Waals surface area contributed by atoms with E-state index in [1.807, 2.05) is 6.92 Å². The van der Waals surface area contributed by atoms with Crippen LogP contribution in [0.1, 0.15) is 45.7 Å². The predicted molar refractivity (Wildman–Crippen MR) is 97.3 cm³/mol. The van der Waals surface area contributed by atoms with E-state index < -0.39 is 6.04 Å². The third kappa shape index (κ3) is 2.91. The summed E-state index contributed by atoms with van der Waals surface area (Å²) in [7, 11) is 1.56. The molecule has 1 aliphatic rings. The van der Waals surface area contributed by atoms with Crippen LogP contribution in [-0.4, -0.2) is 30.4 Å². The van der Waals surface area contributed by atoms with Crippen molar-refractivity contribution < 1.29 is 19.1 Å². The van der Waals surface area contributed by atoms with Crippen molar-refractivity contribution in [1.82, 2.24) is 4.90 Å². The number of hydrogen-bond donors (Lipinski definition) is 0. The van der Waals surface area contributed by atoms with Crippen molar-refractivity contribution in [2.24, 2.45) is 0 Å². The highest BCUT2D eigenvalue weighted by Crippen LogP contribution is 2.37. The lowest BCUT2D eigenvalue weighted by atomic mass is 10.0. The number of fused-ring (bicyclic) bond motifs is 1. The molecule has 0 radical (unpaired) electrons. The Labute approximate surface area is 152 Å². The summed E-state index contributed by atoms with van der Waals surface area (Å²) in [6.45, 7) is 2.34. The van der Waals surface area contributed by atoms with E-state index in [0.29, 0.717) is 29.2 Å². The van der Waals surface area contributed by atoms with Crippen LogP contribution in [0.2, 0.25) is 0 Å². The van der Waals surface area contributed by atoms with Crippen LogP contribution in [-0.2, 0) is 0 Å². The summed E-state index contributed by atoms with van der Waals surface area (Å²) in [6, 6.07) is 11.5. The third-order valence-corrected chi connectivity index (χ3v) is 4.32. The Hall–Kier alpha value is -3.26. The van der Waals surface area contributed by atoms with E-state index in [1.54, 1.807) is 49.6 Å². The highest BCUT2D eigenvalue weighted by molar-refractivity contribution is 6.21. The van der Waals surface area contributed by atoms with Gasteiger partial charge >= 0.3 is 0 Å². The molecule has 0 fully saturated rings. The number of nitrogens with zero attached hydrogens (tertiary/aromatic N) is 1. The van der Waals surface area contributed by atoms with E-state index in [1.165, 1.54) is 4.90 Å². The molecular formula is C21H19NO4. The molecular weight excluding hydrogens is 330 g/mol. The smallest absolute Gasteiger partial charge is 0.262 e. The van der Waals surface area contributed by atoms with Crippen molar-refractivity contribution in [2.45, 2.75) is 19.4 Å². The van der Waals surface area contributed by atoms with Crippen LogP contribution in [0.4, 0.5) is 0 Å². The van der Waals surface area contributed by atoms with E-state index in [9.17, 15) is 9.59 Å². The number of methoxy groups -OCH3 is 1. The van der Waals surface area contributed by atoms with Gasteiger partial charge in [-0.2, -0.15) is 0 Å². The molecule has 2 aromatic rings. The Morgan fingerprint density at radius 3 is 2.27 bits per heavy atom. The van der Waals surface area contributed by atoms with E-state index in [4.69, 9.17) is 15.9 Å². The monoisotopic (exact) mass is 349 g/mol. The van der Waals surface area contributed by atoms with E-state index >= 15 is 0 Å². The normalized spacial score (nSPS) is 14.0. The Kier molecular flexibility index (Phi) is 4.94. The zero-order chi connectivity index (χ0) is 18.7. The maximum Gasteiger partial charge on any atom is 0.262 e. The molecule has 132 valence electrons. The lowest BCUT2D eigenvalue weighted by Crippen LogP contribution is -2.34. The van der Waals surface area contributed by atoms with Crippen molar-refractivity contribution in [2.75, 3.05) is 13.7 Å². The first-order valence-electron chi connectivity index (χ1n) is 8.33. The van der Waals surface area contributed by atoms with Gasteiger partial charge in [-0.05, 0) is 36.8 Å². The summed E-state index contributed by atoms with van der Waals surface area (Å²) < 4.78 is 10.9. The maximum atomic E-state index is 12.8. The molecule has 2 amide bonds. The number of hydrogen-bond acceptors (Lipinski definition) is 4. The fourth-order valence-electron chi connectivity index (χ4n) is 3.13. The Bertz CT molecular complexity index is 862. The van der Waals surface area contributed by atoms with Gasteiger partial charge < -0.3 is 9.47 Å². The first-order valence-corrected chi connectivity index (χ1v) is 8.33. The molecule has 1 atom stereocenters. The number of amides is 2. The van der Waals surface area contributed by atoms with E-state index in [2.05, 4.69) is 5.92 Å². The minimum atomic E-state index is -0.572. The summed E-state index contributed by atoms with van der Waals surface area (Å²) in [5.74, 6) is 3.03.